The Morgan fingerprint density at radius 3 is 2.67 bits per heavy atom. The highest BCUT2D eigenvalue weighted by atomic mass is 35.5. The minimum Gasteiger partial charge on any atom is -0.351 e. The number of hydrogen-bond donors (Lipinski definition) is 1. The van der Waals surface area contributed by atoms with Crippen molar-refractivity contribution in [3.05, 3.63) is 51.8 Å². The lowest BCUT2D eigenvalue weighted by Crippen LogP contribution is -2.58. The second-order valence-corrected chi connectivity index (χ2v) is 8.20. The summed E-state index contributed by atoms with van der Waals surface area (Å²) < 4.78 is 0. The fourth-order valence-electron chi connectivity index (χ4n) is 3.80. The standard InChI is InChI=1S/C20H20ClN5O/c1-20(2)3-4-26(20)18(27)14-10-23-19(24-11-14)25-16-7-12-5-15(21)6-13(9-22)17(12)8-16/h5-6,10-11,16H,3-4,7-8H2,1-2H3,(H,23,24,25). The van der Waals surface area contributed by atoms with Crippen molar-refractivity contribution in [2.45, 2.75) is 44.7 Å². The van der Waals surface area contributed by atoms with E-state index in [-0.39, 0.29) is 17.5 Å². The van der Waals surface area contributed by atoms with Crippen LogP contribution in [0.25, 0.3) is 0 Å². The van der Waals surface area contributed by atoms with Crippen molar-refractivity contribution in [2.75, 3.05) is 11.9 Å². The van der Waals surface area contributed by atoms with Crippen molar-refractivity contribution in [1.29, 1.82) is 5.26 Å². The van der Waals surface area contributed by atoms with Crippen LogP contribution in [-0.2, 0) is 12.8 Å². The number of nitrogens with one attached hydrogen (secondary N) is 1. The molecule has 1 N–H and O–H groups in total. The van der Waals surface area contributed by atoms with Crippen LogP contribution in [0.4, 0.5) is 5.95 Å². The number of anilines is 1. The number of nitriles is 1. The number of amides is 1. The Morgan fingerprint density at radius 2 is 2.07 bits per heavy atom. The van der Waals surface area contributed by atoms with Crippen LogP contribution in [0.2, 0.25) is 5.02 Å². The number of halogens is 1. The van der Waals surface area contributed by atoms with Gasteiger partial charge in [0.2, 0.25) is 5.95 Å². The maximum absolute atomic E-state index is 12.5. The first-order valence-electron chi connectivity index (χ1n) is 8.99. The van der Waals surface area contributed by atoms with Crippen LogP contribution in [0, 0.1) is 11.3 Å². The van der Waals surface area contributed by atoms with Gasteiger partial charge in [-0.3, -0.25) is 4.79 Å². The number of fused-ring (bicyclic) bond motifs is 1. The predicted molar refractivity (Wildman–Crippen MR) is 103 cm³/mol. The van der Waals surface area contributed by atoms with E-state index in [1.54, 1.807) is 18.5 Å². The Labute approximate surface area is 163 Å². The molecule has 1 saturated heterocycles. The largest absolute Gasteiger partial charge is 0.351 e. The lowest BCUT2D eigenvalue weighted by Gasteiger charge is -2.48. The van der Waals surface area contributed by atoms with Gasteiger partial charge in [0.25, 0.3) is 5.91 Å². The van der Waals surface area contributed by atoms with Gasteiger partial charge in [0, 0.05) is 35.5 Å². The van der Waals surface area contributed by atoms with Crippen molar-refractivity contribution in [3.8, 4) is 6.07 Å². The SMILES string of the molecule is CC1(C)CCN1C(=O)c1cnc(NC2Cc3cc(Cl)cc(C#N)c3C2)nc1. The summed E-state index contributed by atoms with van der Waals surface area (Å²) >= 11 is 6.09. The molecular weight excluding hydrogens is 362 g/mol. The average Bonchev–Trinajstić information content (AvgIpc) is 3.02. The first-order chi connectivity index (χ1) is 12.9. The number of rotatable bonds is 3. The summed E-state index contributed by atoms with van der Waals surface area (Å²) in [6.07, 6.45) is 5.64. The molecule has 4 rings (SSSR count). The minimum atomic E-state index is -0.0939. The molecule has 1 atom stereocenters. The Bertz CT molecular complexity index is 948. The van der Waals surface area contributed by atoms with E-state index in [1.165, 1.54) is 0 Å². The molecule has 1 aromatic heterocycles. The van der Waals surface area contributed by atoms with Crippen LogP contribution in [0.1, 0.15) is 47.3 Å². The molecule has 2 heterocycles. The number of hydrogen-bond acceptors (Lipinski definition) is 5. The topological polar surface area (TPSA) is 81.9 Å². The lowest BCUT2D eigenvalue weighted by molar-refractivity contribution is 0.0157. The first-order valence-corrected chi connectivity index (χ1v) is 9.37. The fraction of sp³-hybridized carbons (Fsp3) is 0.400. The minimum absolute atomic E-state index is 0.0284. The molecule has 1 aliphatic carbocycles. The zero-order chi connectivity index (χ0) is 19.2. The van der Waals surface area contributed by atoms with E-state index < -0.39 is 0 Å². The molecule has 1 aliphatic heterocycles. The summed E-state index contributed by atoms with van der Waals surface area (Å²) in [5.74, 6) is 0.455. The molecule has 2 aromatic rings. The number of benzene rings is 1. The number of carbonyl (C=O) groups is 1. The van der Waals surface area contributed by atoms with Gasteiger partial charge in [0.15, 0.2) is 0 Å². The molecule has 0 bridgehead atoms. The van der Waals surface area contributed by atoms with Gasteiger partial charge in [-0.25, -0.2) is 9.97 Å². The summed E-state index contributed by atoms with van der Waals surface area (Å²) in [5.41, 5.74) is 3.15. The van der Waals surface area contributed by atoms with Gasteiger partial charge in [-0.1, -0.05) is 11.6 Å². The van der Waals surface area contributed by atoms with E-state index in [9.17, 15) is 10.1 Å². The fourth-order valence-corrected chi connectivity index (χ4v) is 4.04. The second kappa shape index (κ2) is 6.50. The lowest BCUT2D eigenvalue weighted by atomic mass is 9.88. The Morgan fingerprint density at radius 1 is 1.33 bits per heavy atom. The van der Waals surface area contributed by atoms with Crippen LogP contribution in [0.5, 0.6) is 0 Å². The molecular formula is C20H20ClN5O. The molecule has 0 radical (unpaired) electrons. The molecule has 2 aliphatic rings. The summed E-state index contributed by atoms with van der Waals surface area (Å²) in [5, 5.41) is 13.2. The third-order valence-electron chi connectivity index (χ3n) is 5.50. The van der Waals surface area contributed by atoms with Crippen molar-refractivity contribution in [3.63, 3.8) is 0 Å². The second-order valence-electron chi connectivity index (χ2n) is 7.77. The molecule has 1 fully saturated rings. The number of likely N-dealkylation sites (tertiary alicyclic amines) is 1. The maximum Gasteiger partial charge on any atom is 0.257 e. The molecule has 7 heteroatoms. The van der Waals surface area contributed by atoms with Crippen molar-refractivity contribution >= 4 is 23.5 Å². The van der Waals surface area contributed by atoms with Crippen molar-refractivity contribution in [2.24, 2.45) is 0 Å². The molecule has 138 valence electrons. The van der Waals surface area contributed by atoms with Gasteiger partial charge in [-0.2, -0.15) is 5.26 Å². The monoisotopic (exact) mass is 381 g/mol. The summed E-state index contributed by atoms with van der Waals surface area (Å²) in [4.78, 5) is 23.0. The number of nitrogens with zero attached hydrogens (tertiary/aromatic N) is 4. The Hall–Kier alpha value is -2.65. The third-order valence-corrected chi connectivity index (χ3v) is 5.72. The van der Waals surface area contributed by atoms with E-state index in [2.05, 4.69) is 35.2 Å². The summed E-state index contributed by atoms with van der Waals surface area (Å²) in [7, 11) is 0. The van der Waals surface area contributed by atoms with Crippen LogP contribution >= 0.6 is 11.6 Å². The van der Waals surface area contributed by atoms with E-state index in [0.29, 0.717) is 22.1 Å². The molecule has 6 nitrogen and oxygen atoms in total. The van der Waals surface area contributed by atoms with E-state index in [1.807, 2.05) is 11.0 Å². The normalized spacial score (nSPS) is 19.8. The van der Waals surface area contributed by atoms with Gasteiger partial charge in [-0.05, 0) is 56.4 Å². The van der Waals surface area contributed by atoms with E-state index >= 15 is 0 Å². The summed E-state index contributed by atoms with van der Waals surface area (Å²) in [6.45, 7) is 4.89. The van der Waals surface area contributed by atoms with Crippen LogP contribution in [-0.4, -0.2) is 38.9 Å². The van der Waals surface area contributed by atoms with Gasteiger partial charge in [0.05, 0.1) is 17.2 Å². The highest BCUT2D eigenvalue weighted by molar-refractivity contribution is 6.30. The van der Waals surface area contributed by atoms with Crippen molar-refractivity contribution < 1.29 is 4.79 Å². The predicted octanol–water partition coefficient (Wildman–Crippen LogP) is 3.21. The van der Waals surface area contributed by atoms with Crippen LogP contribution in [0.15, 0.2) is 24.5 Å². The first kappa shape index (κ1) is 17.7. The number of aromatic nitrogens is 2. The van der Waals surface area contributed by atoms with Gasteiger partial charge in [-0.15, -0.1) is 0 Å². The molecule has 0 saturated carbocycles. The van der Waals surface area contributed by atoms with Gasteiger partial charge >= 0.3 is 0 Å². The van der Waals surface area contributed by atoms with Crippen LogP contribution < -0.4 is 5.32 Å². The zero-order valence-corrected chi connectivity index (χ0v) is 16.0. The molecule has 1 aromatic carbocycles. The molecule has 0 spiro atoms. The Kier molecular flexibility index (Phi) is 4.27. The van der Waals surface area contributed by atoms with Gasteiger partial charge < -0.3 is 10.2 Å². The van der Waals surface area contributed by atoms with E-state index in [0.717, 1.165) is 36.9 Å². The van der Waals surface area contributed by atoms with Gasteiger partial charge in [0.1, 0.15) is 0 Å². The maximum atomic E-state index is 12.5. The Balaban J connectivity index is 1.44. The molecule has 27 heavy (non-hydrogen) atoms. The highest BCUT2D eigenvalue weighted by Crippen LogP contribution is 2.31. The molecule has 1 unspecified atom stereocenters. The molecule has 1 amide bonds. The van der Waals surface area contributed by atoms with Crippen molar-refractivity contribution in [1.82, 2.24) is 14.9 Å². The zero-order valence-electron chi connectivity index (χ0n) is 15.3. The van der Waals surface area contributed by atoms with Crippen LogP contribution in [0.3, 0.4) is 0 Å². The van der Waals surface area contributed by atoms with E-state index in [4.69, 9.17) is 11.6 Å². The highest BCUT2D eigenvalue weighted by Gasteiger charge is 2.39. The quantitative estimate of drug-likeness (QED) is 0.882. The average molecular weight is 382 g/mol. The summed E-state index contributed by atoms with van der Waals surface area (Å²) in [6, 6.07) is 5.93. The smallest absolute Gasteiger partial charge is 0.257 e. The number of carbonyl (C=O) groups excluding carboxylic acids is 1. The third kappa shape index (κ3) is 3.24.